The fourth-order valence-corrected chi connectivity index (χ4v) is 3.03. The molecular weight excluding hydrogens is 354 g/mol. The first kappa shape index (κ1) is 18.9. The molecule has 0 radical (unpaired) electrons. The minimum absolute atomic E-state index is 0.0266. The lowest BCUT2D eigenvalue weighted by atomic mass is 10.1. The molecule has 1 aromatic heterocycles. The second-order valence-electron chi connectivity index (χ2n) is 6.49. The Balaban J connectivity index is 2.01. The summed E-state index contributed by atoms with van der Waals surface area (Å²) in [4.78, 5) is 25.4. The highest BCUT2D eigenvalue weighted by Crippen LogP contribution is 2.24. The van der Waals surface area contributed by atoms with Gasteiger partial charge in [-0.1, -0.05) is 35.9 Å². The summed E-state index contributed by atoms with van der Waals surface area (Å²) >= 11 is 0. The number of benzene rings is 2. The van der Waals surface area contributed by atoms with Crippen molar-refractivity contribution >= 4 is 34.5 Å². The summed E-state index contributed by atoms with van der Waals surface area (Å²) in [7, 11) is 1.62. The van der Waals surface area contributed by atoms with Crippen molar-refractivity contribution in [2.45, 2.75) is 13.5 Å². The predicted octanol–water partition coefficient (Wildman–Crippen LogP) is 3.60. The maximum atomic E-state index is 12.8. The van der Waals surface area contributed by atoms with E-state index in [1.165, 1.54) is 11.0 Å². The summed E-state index contributed by atoms with van der Waals surface area (Å²) in [5.41, 5.74) is 3.09. The van der Waals surface area contributed by atoms with Gasteiger partial charge in [0.25, 0.3) is 5.91 Å². The second-order valence-corrected chi connectivity index (χ2v) is 6.49. The van der Waals surface area contributed by atoms with Gasteiger partial charge in [-0.15, -0.1) is 0 Å². The summed E-state index contributed by atoms with van der Waals surface area (Å²) in [5.74, 6) is -1.40. The molecule has 140 valence electrons. The number of likely N-dealkylation sites (N-methyl/N-ethyl adjacent to an activating group) is 1. The Morgan fingerprint density at radius 3 is 2.50 bits per heavy atom. The van der Waals surface area contributed by atoms with Gasteiger partial charge in [0.1, 0.15) is 18.2 Å². The Morgan fingerprint density at radius 2 is 1.86 bits per heavy atom. The second kappa shape index (κ2) is 7.80. The van der Waals surface area contributed by atoms with Crippen LogP contribution in [0.1, 0.15) is 11.1 Å². The van der Waals surface area contributed by atoms with Crippen LogP contribution in [0.3, 0.4) is 0 Å². The molecule has 2 aromatic carbocycles. The number of aryl methyl sites for hydroxylation is 1. The number of para-hydroxylation sites is 1. The van der Waals surface area contributed by atoms with Crippen LogP contribution in [0.2, 0.25) is 0 Å². The third-order valence-corrected chi connectivity index (χ3v) is 4.50. The van der Waals surface area contributed by atoms with E-state index < -0.39 is 11.9 Å². The smallest absolute Gasteiger partial charge is 0.323 e. The predicted molar refractivity (Wildman–Crippen MR) is 108 cm³/mol. The Hall–Kier alpha value is -3.85. The first-order valence-corrected chi connectivity index (χ1v) is 8.67. The van der Waals surface area contributed by atoms with Crippen molar-refractivity contribution in [1.82, 2.24) is 4.57 Å². The zero-order valence-electron chi connectivity index (χ0n) is 15.6. The fraction of sp³-hybridized carbons (Fsp3) is 0.136. The van der Waals surface area contributed by atoms with Crippen molar-refractivity contribution in [3.8, 4) is 6.07 Å². The lowest BCUT2D eigenvalue weighted by molar-refractivity contribution is -0.137. The van der Waals surface area contributed by atoms with Gasteiger partial charge >= 0.3 is 5.97 Å². The molecule has 0 aliphatic rings. The molecule has 0 fully saturated rings. The summed E-state index contributed by atoms with van der Waals surface area (Å²) in [6.07, 6.45) is 3.16. The van der Waals surface area contributed by atoms with Crippen LogP contribution in [0, 0.1) is 18.3 Å². The third kappa shape index (κ3) is 3.79. The number of anilines is 1. The van der Waals surface area contributed by atoms with Gasteiger partial charge in [0.15, 0.2) is 0 Å². The van der Waals surface area contributed by atoms with Crippen LogP contribution in [0.15, 0.2) is 60.3 Å². The number of carboxylic acids is 1. The topological polar surface area (TPSA) is 86.3 Å². The van der Waals surface area contributed by atoms with E-state index in [2.05, 4.69) is 0 Å². The van der Waals surface area contributed by atoms with Gasteiger partial charge in [-0.3, -0.25) is 9.59 Å². The number of carboxylic acid groups (broad SMARTS) is 1. The first-order chi connectivity index (χ1) is 13.4. The molecule has 3 rings (SSSR count). The lowest BCUT2D eigenvalue weighted by Crippen LogP contribution is -2.27. The van der Waals surface area contributed by atoms with Gasteiger partial charge in [-0.05, 0) is 31.2 Å². The normalized spacial score (nSPS) is 11.2. The Labute approximate surface area is 162 Å². The summed E-state index contributed by atoms with van der Waals surface area (Å²) < 4.78 is 1.59. The highest BCUT2D eigenvalue weighted by atomic mass is 16.4. The van der Waals surface area contributed by atoms with Crippen molar-refractivity contribution < 1.29 is 14.7 Å². The van der Waals surface area contributed by atoms with Gasteiger partial charge in [0.2, 0.25) is 0 Å². The number of carbonyl (C=O) groups is 2. The van der Waals surface area contributed by atoms with E-state index in [9.17, 15) is 14.9 Å². The van der Waals surface area contributed by atoms with E-state index in [-0.39, 0.29) is 12.1 Å². The third-order valence-electron chi connectivity index (χ3n) is 4.50. The average Bonchev–Trinajstić information content (AvgIpc) is 3.02. The summed E-state index contributed by atoms with van der Waals surface area (Å²) in [6.45, 7) is 1.76. The molecule has 0 saturated heterocycles. The molecule has 1 amide bonds. The first-order valence-electron chi connectivity index (χ1n) is 8.67. The molecule has 0 atom stereocenters. The fourth-order valence-electron chi connectivity index (χ4n) is 3.03. The zero-order valence-corrected chi connectivity index (χ0v) is 15.6. The molecule has 1 heterocycles. The quantitative estimate of drug-likeness (QED) is 0.547. The number of nitriles is 1. The molecular formula is C22H19N3O3. The van der Waals surface area contributed by atoms with Gasteiger partial charge in [0, 0.05) is 35.4 Å². The molecule has 3 aromatic rings. The molecule has 6 heteroatoms. The SMILES string of the molecule is Cc1ccc(N(C)C(=O)/C(C#N)=C/c2cn(CC(=O)O)c3ccccc23)cc1. The van der Waals surface area contributed by atoms with Crippen LogP contribution < -0.4 is 4.90 Å². The zero-order chi connectivity index (χ0) is 20.3. The average molecular weight is 373 g/mol. The minimum Gasteiger partial charge on any atom is -0.480 e. The molecule has 1 N–H and O–H groups in total. The number of aromatic nitrogens is 1. The molecule has 0 unspecified atom stereocenters. The highest BCUT2D eigenvalue weighted by molar-refractivity contribution is 6.11. The molecule has 28 heavy (non-hydrogen) atoms. The Bertz CT molecular complexity index is 1120. The molecule has 0 saturated carbocycles. The van der Waals surface area contributed by atoms with Gasteiger partial charge in [-0.25, -0.2) is 0 Å². The highest BCUT2D eigenvalue weighted by Gasteiger charge is 2.18. The number of hydrogen-bond donors (Lipinski definition) is 1. The van der Waals surface area contributed by atoms with Crippen molar-refractivity contribution in [1.29, 1.82) is 5.26 Å². The van der Waals surface area contributed by atoms with Crippen LogP contribution in [0.25, 0.3) is 17.0 Å². The van der Waals surface area contributed by atoms with Crippen LogP contribution in [0.4, 0.5) is 5.69 Å². The van der Waals surface area contributed by atoms with Gasteiger partial charge < -0.3 is 14.6 Å². The lowest BCUT2D eigenvalue weighted by Gasteiger charge is -2.16. The van der Waals surface area contributed by atoms with E-state index in [0.717, 1.165) is 16.5 Å². The summed E-state index contributed by atoms with van der Waals surface area (Å²) in [6, 6.07) is 16.7. The number of nitrogens with zero attached hydrogens (tertiary/aromatic N) is 3. The van der Waals surface area contributed by atoms with Crippen molar-refractivity contribution in [3.05, 3.63) is 71.4 Å². The van der Waals surface area contributed by atoms with Crippen LogP contribution >= 0.6 is 0 Å². The number of carbonyl (C=O) groups excluding carboxylic acids is 1. The van der Waals surface area contributed by atoms with Crippen molar-refractivity contribution in [3.63, 3.8) is 0 Å². The number of aliphatic carboxylic acids is 1. The minimum atomic E-state index is -0.966. The van der Waals surface area contributed by atoms with Crippen molar-refractivity contribution in [2.75, 3.05) is 11.9 Å². The van der Waals surface area contributed by atoms with E-state index in [1.807, 2.05) is 61.5 Å². The Morgan fingerprint density at radius 1 is 1.18 bits per heavy atom. The monoisotopic (exact) mass is 373 g/mol. The molecule has 0 spiro atoms. The molecule has 0 aliphatic carbocycles. The standard InChI is InChI=1S/C22H19N3O3/c1-15-7-9-18(10-8-15)24(2)22(28)16(12-23)11-17-13-25(14-21(26)27)20-6-4-3-5-19(17)20/h3-11,13H,14H2,1-2H3,(H,26,27)/b16-11+. The van der Waals surface area contributed by atoms with E-state index in [0.29, 0.717) is 11.3 Å². The van der Waals surface area contributed by atoms with E-state index >= 15 is 0 Å². The number of amides is 1. The summed E-state index contributed by atoms with van der Waals surface area (Å²) in [5, 5.41) is 19.5. The molecule has 0 bridgehead atoms. The Kier molecular flexibility index (Phi) is 5.28. The maximum Gasteiger partial charge on any atom is 0.323 e. The number of fused-ring (bicyclic) bond motifs is 1. The van der Waals surface area contributed by atoms with Crippen LogP contribution in [-0.4, -0.2) is 28.6 Å². The van der Waals surface area contributed by atoms with Gasteiger partial charge in [-0.2, -0.15) is 5.26 Å². The van der Waals surface area contributed by atoms with E-state index in [4.69, 9.17) is 5.11 Å². The largest absolute Gasteiger partial charge is 0.480 e. The molecule has 0 aliphatic heterocycles. The van der Waals surface area contributed by atoms with E-state index in [1.54, 1.807) is 17.8 Å². The van der Waals surface area contributed by atoms with Crippen molar-refractivity contribution in [2.24, 2.45) is 0 Å². The maximum absolute atomic E-state index is 12.8. The number of rotatable bonds is 5. The van der Waals surface area contributed by atoms with Gasteiger partial charge in [0.05, 0.1) is 0 Å². The van der Waals surface area contributed by atoms with Crippen LogP contribution in [0.5, 0.6) is 0 Å². The number of hydrogen-bond acceptors (Lipinski definition) is 3. The van der Waals surface area contributed by atoms with Crippen LogP contribution in [-0.2, 0) is 16.1 Å². The molecule has 6 nitrogen and oxygen atoms in total.